The lowest BCUT2D eigenvalue weighted by Crippen LogP contribution is -2.36. The monoisotopic (exact) mass is 246 g/mol. The minimum absolute atomic E-state index is 0.194. The van der Waals surface area contributed by atoms with Crippen LogP contribution in [0.3, 0.4) is 0 Å². The molecule has 0 saturated carbocycles. The molecule has 0 aliphatic heterocycles. The first-order chi connectivity index (χ1) is 7.50. The van der Waals surface area contributed by atoms with Gasteiger partial charge in [0.2, 0.25) is 0 Å². The van der Waals surface area contributed by atoms with Crippen molar-refractivity contribution in [1.82, 2.24) is 0 Å². The van der Waals surface area contributed by atoms with Crippen LogP contribution in [0.15, 0.2) is 0 Å². The molecule has 98 valence electrons. The molecule has 16 heavy (non-hydrogen) atoms. The highest BCUT2D eigenvalue weighted by Crippen LogP contribution is 2.19. The Hall–Kier alpha value is -0.360. The number of hydrogen-bond acceptors (Lipinski definition) is 2. The van der Waals surface area contributed by atoms with Crippen molar-refractivity contribution in [3.63, 3.8) is 0 Å². The Kier molecular flexibility index (Phi) is 8.56. The molecule has 0 spiro atoms. The largest absolute Gasteiger partial charge is 0.366 e. The fourth-order valence-corrected chi connectivity index (χ4v) is 1.31. The van der Waals surface area contributed by atoms with Gasteiger partial charge in [0.05, 0.1) is 6.67 Å². The van der Waals surface area contributed by atoms with Crippen molar-refractivity contribution in [1.29, 1.82) is 0 Å². The van der Waals surface area contributed by atoms with Gasteiger partial charge in [-0.2, -0.15) is 0 Å². The van der Waals surface area contributed by atoms with Crippen molar-refractivity contribution in [2.45, 2.75) is 56.9 Å². The molecule has 0 radical (unpaired) electrons. The van der Waals surface area contributed by atoms with Gasteiger partial charge >= 0.3 is 0 Å². The molecule has 0 aliphatic rings. The topological polar surface area (TPSA) is 40.5 Å². The summed E-state index contributed by atoms with van der Waals surface area (Å²) >= 11 is 0. The van der Waals surface area contributed by atoms with E-state index in [-0.39, 0.29) is 6.42 Å². The molecule has 0 amide bonds. The lowest BCUT2D eigenvalue weighted by Gasteiger charge is -2.18. The summed E-state index contributed by atoms with van der Waals surface area (Å²) in [4.78, 5) is 0. The van der Waals surface area contributed by atoms with Gasteiger partial charge in [0.15, 0.2) is 18.6 Å². The highest BCUT2D eigenvalue weighted by Gasteiger charge is 2.33. The molecule has 0 aliphatic carbocycles. The standard InChI is InChI=1S/C10H18F4O2/c11-6-4-2-1-3-5-7(12)8(13)9(14)10(15)16/h7-10,15-16H,1-6H2. The van der Waals surface area contributed by atoms with Crippen molar-refractivity contribution in [3.8, 4) is 0 Å². The minimum Gasteiger partial charge on any atom is -0.366 e. The third-order valence-corrected chi connectivity index (χ3v) is 2.30. The first-order valence-corrected chi connectivity index (χ1v) is 5.35. The van der Waals surface area contributed by atoms with Crippen LogP contribution in [0.4, 0.5) is 17.6 Å². The zero-order valence-electron chi connectivity index (χ0n) is 8.96. The zero-order chi connectivity index (χ0) is 12.6. The van der Waals surface area contributed by atoms with Crippen molar-refractivity contribution in [2.24, 2.45) is 0 Å². The minimum atomic E-state index is -2.62. The van der Waals surface area contributed by atoms with E-state index >= 15 is 0 Å². The van der Waals surface area contributed by atoms with Crippen LogP contribution in [0, 0.1) is 0 Å². The highest BCUT2D eigenvalue weighted by molar-refractivity contribution is 4.77. The Labute approximate surface area is 92.3 Å². The van der Waals surface area contributed by atoms with Gasteiger partial charge < -0.3 is 10.2 Å². The molecule has 2 N–H and O–H groups in total. The fourth-order valence-electron chi connectivity index (χ4n) is 1.31. The van der Waals surface area contributed by atoms with Crippen LogP contribution in [0.2, 0.25) is 0 Å². The summed E-state index contributed by atoms with van der Waals surface area (Å²) in [7, 11) is 0. The number of hydrogen-bond donors (Lipinski definition) is 2. The second-order valence-electron chi connectivity index (χ2n) is 3.71. The molecular weight excluding hydrogens is 228 g/mol. The molecule has 0 bridgehead atoms. The number of halogens is 4. The van der Waals surface area contributed by atoms with E-state index in [0.717, 1.165) is 0 Å². The first kappa shape index (κ1) is 15.6. The molecule has 3 atom stereocenters. The van der Waals surface area contributed by atoms with E-state index in [9.17, 15) is 17.6 Å². The van der Waals surface area contributed by atoms with Crippen molar-refractivity contribution >= 4 is 0 Å². The van der Waals surface area contributed by atoms with Gasteiger partial charge in [-0.15, -0.1) is 0 Å². The third kappa shape index (κ3) is 6.27. The van der Waals surface area contributed by atoms with Crippen molar-refractivity contribution in [3.05, 3.63) is 0 Å². The average Bonchev–Trinajstić information content (AvgIpc) is 2.26. The van der Waals surface area contributed by atoms with Gasteiger partial charge in [-0.05, 0) is 12.8 Å². The van der Waals surface area contributed by atoms with Crippen LogP contribution < -0.4 is 0 Å². The van der Waals surface area contributed by atoms with Crippen LogP contribution in [0.5, 0.6) is 0 Å². The predicted octanol–water partition coefficient (Wildman–Crippen LogP) is 2.23. The van der Waals surface area contributed by atoms with E-state index < -0.39 is 31.5 Å². The van der Waals surface area contributed by atoms with E-state index in [0.29, 0.717) is 25.7 Å². The van der Waals surface area contributed by atoms with E-state index in [2.05, 4.69) is 0 Å². The summed E-state index contributed by atoms with van der Waals surface area (Å²) in [6.07, 6.45) is -8.05. The molecule has 0 aromatic heterocycles. The van der Waals surface area contributed by atoms with Gasteiger partial charge in [-0.25, -0.2) is 13.2 Å². The Morgan fingerprint density at radius 2 is 1.38 bits per heavy atom. The lowest BCUT2D eigenvalue weighted by molar-refractivity contribution is -0.124. The Balaban J connectivity index is 3.66. The van der Waals surface area contributed by atoms with Gasteiger partial charge in [0, 0.05) is 0 Å². The first-order valence-electron chi connectivity index (χ1n) is 5.35. The number of rotatable bonds is 9. The van der Waals surface area contributed by atoms with Gasteiger partial charge in [0.1, 0.15) is 6.17 Å². The molecule has 0 aromatic carbocycles. The molecule has 0 aromatic rings. The number of aliphatic hydroxyl groups is 2. The quantitative estimate of drug-likeness (QED) is 0.372. The SMILES string of the molecule is OC(O)C(F)C(F)C(F)CCCCCCF. The number of aliphatic hydroxyl groups excluding tert-OH is 1. The van der Waals surface area contributed by atoms with Crippen LogP contribution in [0.25, 0.3) is 0 Å². The number of alkyl halides is 4. The summed E-state index contributed by atoms with van der Waals surface area (Å²) in [6.45, 7) is -0.436. The van der Waals surface area contributed by atoms with Crippen LogP contribution in [-0.2, 0) is 0 Å². The summed E-state index contributed by atoms with van der Waals surface area (Å²) in [5.74, 6) is 0. The van der Waals surface area contributed by atoms with E-state index in [1.165, 1.54) is 0 Å². The lowest BCUT2D eigenvalue weighted by atomic mass is 10.0. The normalized spacial score (nSPS) is 17.4. The predicted molar refractivity (Wildman–Crippen MR) is 52.0 cm³/mol. The maximum absolute atomic E-state index is 13.0. The van der Waals surface area contributed by atoms with Gasteiger partial charge in [-0.1, -0.05) is 19.3 Å². The zero-order valence-corrected chi connectivity index (χ0v) is 8.96. The van der Waals surface area contributed by atoms with Crippen molar-refractivity contribution in [2.75, 3.05) is 6.67 Å². The fraction of sp³-hybridized carbons (Fsp3) is 1.00. The Morgan fingerprint density at radius 3 is 1.88 bits per heavy atom. The average molecular weight is 246 g/mol. The van der Waals surface area contributed by atoms with Crippen LogP contribution >= 0.6 is 0 Å². The van der Waals surface area contributed by atoms with Gasteiger partial charge in [-0.3, -0.25) is 4.39 Å². The van der Waals surface area contributed by atoms with E-state index in [4.69, 9.17) is 10.2 Å². The van der Waals surface area contributed by atoms with Crippen LogP contribution in [0.1, 0.15) is 32.1 Å². The smallest absolute Gasteiger partial charge is 0.186 e. The van der Waals surface area contributed by atoms with Crippen molar-refractivity contribution < 1.29 is 27.8 Å². The molecule has 3 unspecified atom stereocenters. The van der Waals surface area contributed by atoms with E-state index in [1.807, 2.05) is 0 Å². The summed E-state index contributed by atoms with van der Waals surface area (Å²) in [5.41, 5.74) is 0. The summed E-state index contributed by atoms with van der Waals surface area (Å²) in [5, 5.41) is 16.6. The van der Waals surface area contributed by atoms with E-state index in [1.54, 1.807) is 0 Å². The maximum Gasteiger partial charge on any atom is 0.186 e. The molecular formula is C10H18F4O2. The number of unbranched alkanes of at least 4 members (excludes halogenated alkanes) is 3. The summed E-state index contributed by atoms with van der Waals surface area (Å²) in [6, 6.07) is 0. The molecule has 2 nitrogen and oxygen atoms in total. The molecule has 6 heteroatoms. The Morgan fingerprint density at radius 1 is 0.812 bits per heavy atom. The molecule has 0 heterocycles. The maximum atomic E-state index is 13.0. The Bertz CT molecular complexity index is 169. The highest BCUT2D eigenvalue weighted by atomic mass is 19.2. The molecule has 0 fully saturated rings. The second-order valence-corrected chi connectivity index (χ2v) is 3.71. The third-order valence-electron chi connectivity index (χ3n) is 2.30. The van der Waals surface area contributed by atoms with Gasteiger partial charge in [0.25, 0.3) is 0 Å². The summed E-state index contributed by atoms with van der Waals surface area (Å²) < 4.78 is 50.2. The molecule has 0 rings (SSSR count). The second kappa shape index (κ2) is 8.75. The van der Waals surface area contributed by atoms with Crippen LogP contribution in [-0.4, -0.2) is 41.7 Å². The molecule has 0 saturated heterocycles.